The number of carbonyl (C=O) groups is 1. The quantitative estimate of drug-likeness (QED) is 0.552. The van der Waals surface area contributed by atoms with E-state index < -0.39 is 18.6 Å². The van der Waals surface area contributed by atoms with Crippen LogP contribution in [0.2, 0.25) is 0 Å². The van der Waals surface area contributed by atoms with E-state index in [1.165, 1.54) is 5.32 Å². The summed E-state index contributed by atoms with van der Waals surface area (Å²) in [4.78, 5) is 9.84. The number of nitrogens with one attached hydrogen (secondary N) is 1. The molecule has 5 heteroatoms. The predicted molar refractivity (Wildman–Crippen MR) is 26.2 cm³/mol. The average molecular weight is 139 g/mol. The van der Waals surface area contributed by atoms with Crippen LogP contribution in [0.1, 0.15) is 6.92 Å². The molecule has 0 saturated carbocycles. The summed E-state index contributed by atoms with van der Waals surface area (Å²) in [6.45, 7) is -1.62. The van der Waals surface area contributed by atoms with Crippen LogP contribution in [0, 0.1) is 0 Å². The lowest BCUT2D eigenvalue weighted by molar-refractivity contribution is -0.140. The fraction of sp³-hybridized carbons (Fsp3) is 0.750. The Bertz CT molecular complexity index is 107. The molecule has 9 heavy (non-hydrogen) atoms. The number of carboxylic acid groups (broad SMARTS) is 1. The molecule has 2 N–H and O–H groups in total. The first kappa shape index (κ1) is 8.29. The van der Waals surface area contributed by atoms with Gasteiger partial charge in [0.1, 0.15) is 6.04 Å². The van der Waals surface area contributed by atoms with Crippen molar-refractivity contribution < 1.29 is 18.7 Å². The maximum atomic E-state index is 11.3. The monoisotopic (exact) mass is 139 g/mol. The molecule has 1 atom stereocenters. The predicted octanol–water partition coefficient (Wildman–Crippen LogP) is 0.272. The van der Waals surface area contributed by atoms with Gasteiger partial charge in [0.2, 0.25) is 0 Å². The van der Waals surface area contributed by atoms with Gasteiger partial charge in [-0.1, -0.05) is 0 Å². The summed E-state index contributed by atoms with van der Waals surface area (Å²) < 4.78 is 22.5. The molecule has 0 aromatic carbocycles. The summed E-state index contributed by atoms with van der Waals surface area (Å²) in [5, 5.41) is 9.54. The van der Waals surface area contributed by atoms with Crippen LogP contribution in [0.25, 0.3) is 0 Å². The first-order chi connectivity index (χ1) is 4.04. The second kappa shape index (κ2) is 3.34. The molecule has 0 bridgehead atoms. The topological polar surface area (TPSA) is 49.3 Å². The third kappa shape index (κ3) is 3.84. The Hall–Kier alpha value is -0.710. The molecule has 0 radical (unpaired) electrons. The third-order valence-corrected chi connectivity index (χ3v) is 0.746. The van der Waals surface area contributed by atoms with Crippen LogP contribution in [0.15, 0.2) is 0 Å². The van der Waals surface area contributed by atoms with E-state index in [9.17, 15) is 13.6 Å². The minimum absolute atomic E-state index is 1.15. The molecule has 0 unspecified atom stereocenters. The van der Waals surface area contributed by atoms with Gasteiger partial charge in [0.25, 0.3) is 6.55 Å². The molecular formula is C4H7F2NO2. The Labute approximate surface area is 50.7 Å². The van der Waals surface area contributed by atoms with Gasteiger partial charge < -0.3 is 5.11 Å². The van der Waals surface area contributed by atoms with Gasteiger partial charge in [0.05, 0.1) is 0 Å². The van der Waals surface area contributed by atoms with Gasteiger partial charge in [-0.3, -0.25) is 4.79 Å². The van der Waals surface area contributed by atoms with Crippen LogP contribution in [-0.4, -0.2) is 23.7 Å². The highest BCUT2D eigenvalue weighted by Gasteiger charge is 2.13. The SMILES string of the molecule is C[C@H](NC(F)F)C(=O)O. The van der Waals surface area contributed by atoms with Crippen LogP contribution >= 0.6 is 0 Å². The molecule has 0 spiro atoms. The molecule has 0 aromatic rings. The van der Waals surface area contributed by atoms with Crippen molar-refractivity contribution in [2.45, 2.75) is 19.5 Å². The highest BCUT2D eigenvalue weighted by Crippen LogP contribution is 1.89. The van der Waals surface area contributed by atoms with Crippen molar-refractivity contribution in [3.05, 3.63) is 0 Å². The van der Waals surface area contributed by atoms with Gasteiger partial charge >= 0.3 is 5.97 Å². The molecule has 0 fully saturated rings. The second-order valence-corrected chi connectivity index (χ2v) is 1.53. The summed E-state index contributed by atoms with van der Waals surface area (Å²) >= 11 is 0. The summed E-state index contributed by atoms with van der Waals surface area (Å²) in [5.41, 5.74) is 0. The molecule has 0 saturated heterocycles. The van der Waals surface area contributed by atoms with E-state index >= 15 is 0 Å². The van der Waals surface area contributed by atoms with Gasteiger partial charge in [-0.25, -0.2) is 5.32 Å². The molecule has 0 aliphatic heterocycles. The van der Waals surface area contributed by atoms with Crippen molar-refractivity contribution in [3.63, 3.8) is 0 Å². The number of alkyl halides is 2. The largest absolute Gasteiger partial charge is 0.480 e. The highest BCUT2D eigenvalue weighted by atomic mass is 19.3. The minimum atomic E-state index is -2.77. The van der Waals surface area contributed by atoms with E-state index in [0.717, 1.165) is 6.92 Å². The lowest BCUT2D eigenvalue weighted by Gasteiger charge is -2.05. The molecule has 0 aliphatic carbocycles. The first-order valence-electron chi connectivity index (χ1n) is 2.31. The Morgan fingerprint density at radius 3 is 2.22 bits per heavy atom. The normalized spacial score (nSPS) is 13.8. The Morgan fingerprint density at radius 2 is 2.11 bits per heavy atom. The van der Waals surface area contributed by atoms with E-state index in [4.69, 9.17) is 5.11 Å². The lowest BCUT2D eigenvalue weighted by Crippen LogP contribution is -2.36. The average Bonchev–Trinajstić information content (AvgIpc) is 1.63. The van der Waals surface area contributed by atoms with E-state index in [1.807, 2.05) is 0 Å². The number of halogens is 2. The molecular weight excluding hydrogens is 132 g/mol. The lowest BCUT2D eigenvalue weighted by atomic mass is 10.4. The van der Waals surface area contributed by atoms with Gasteiger partial charge in [0.15, 0.2) is 0 Å². The van der Waals surface area contributed by atoms with E-state index in [1.54, 1.807) is 0 Å². The molecule has 0 rings (SSSR count). The fourth-order valence-corrected chi connectivity index (χ4v) is 0.260. The van der Waals surface area contributed by atoms with Crippen molar-refractivity contribution in [3.8, 4) is 0 Å². The van der Waals surface area contributed by atoms with Crippen molar-refractivity contribution in [1.82, 2.24) is 5.32 Å². The van der Waals surface area contributed by atoms with Gasteiger partial charge in [-0.05, 0) is 6.92 Å². The molecule has 0 amide bonds. The summed E-state index contributed by atoms with van der Waals surface area (Å²) in [6.07, 6.45) is 0. The van der Waals surface area contributed by atoms with Crippen LogP contribution in [0.3, 0.4) is 0 Å². The fourth-order valence-electron chi connectivity index (χ4n) is 0.260. The molecule has 0 aliphatic rings. The highest BCUT2D eigenvalue weighted by molar-refractivity contribution is 5.72. The maximum absolute atomic E-state index is 11.3. The molecule has 0 aromatic heterocycles. The zero-order valence-corrected chi connectivity index (χ0v) is 4.77. The van der Waals surface area contributed by atoms with Crippen LogP contribution in [-0.2, 0) is 4.79 Å². The number of carboxylic acids is 1. The molecule has 3 nitrogen and oxygen atoms in total. The van der Waals surface area contributed by atoms with Crippen molar-refractivity contribution >= 4 is 5.97 Å². The smallest absolute Gasteiger partial charge is 0.320 e. The standard InChI is InChI=1S/C4H7F2NO2/c1-2(3(8)9)7-4(5)6/h2,4,7H,1H3,(H,8,9)/t2-/m0/s1. The Morgan fingerprint density at radius 1 is 1.67 bits per heavy atom. The molecule has 0 heterocycles. The van der Waals surface area contributed by atoms with Gasteiger partial charge in [-0.15, -0.1) is 0 Å². The van der Waals surface area contributed by atoms with Crippen molar-refractivity contribution in [2.24, 2.45) is 0 Å². The number of hydrogen-bond acceptors (Lipinski definition) is 2. The molecule has 54 valence electrons. The minimum Gasteiger partial charge on any atom is -0.480 e. The number of rotatable bonds is 3. The van der Waals surface area contributed by atoms with Crippen molar-refractivity contribution in [1.29, 1.82) is 0 Å². The van der Waals surface area contributed by atoms with Crippen LogP contribution in [0.4, 0.5) is 8.78 Å². The summed E-state index contributed by atoms with van der Waals surface area (Å²) in [5.74, 6) is -1.28. The van der Waals surface area contributed by atoms with Gasteiger partial charge in [-0.2, -0.15) is 8.78 Å². The third-order valence-electron chi connectivity index (χ3n) is 0.746. The van der Waals surface area contributed by atoms with Crippen LogP contribution in [0.5, 0.6) is 0 Å². The zero-order valence-electron chi connectivity index (χ0n) is 4.77. The summed E-state index contributed by atoms with van der Waals surface area (Å²) in [6, 6.07) is -1.19. The maximum Gasteiger partial charge on any atom is 0.320 e. The Balaban J connectivity index is 3.50. The number of hydrogen-bond donors (Lipinski definition) is 2. The van der Waals surface area contributed by atoms with E-state index in [-0.39, 0.29) is 0 Å². The van der Waals surface area contributed by atoms with Gasteiger partial charge in [0, 0.05) is 0 Å². The summed E-state index contributed by atoms with van der Waals surface area (Å²) in [7, 11) is 0. The van der Waals surface area contributed by atoms with Crippen LogP contribution < -0.4 is 5.32 Å². The van der Waals surface area contributed by atoms with E-state index in [2.05, 4.69) is 0 Å². The second-order valence-electron chi connectivity index (χ2n) is 1.53. The van der Waals surface area contributed by atoms with Crippen molar-refractivity contribution in [2.75, 3.05) is 0 Å². The number of aliphatic carboxylic acids is 1. The first-order valence-corrected chi connectivity index (χ1v) is 2.31. The Kier molecular flexibility index (Phi) is 3.08. The van der Waals surface area contributed by atoms with E-state index in [0.29, 0.717) is 0 Å². The zero-order chi connectivity index (χ0) is 7.44.